The Bertz CT molecular complexity index is 1240. The number of nitrogens with zero attached hydrogens (tertiary/aromatic N) is 2. The Balaban J connectivity index is 1.51. The van der Waals surface area contributed by atoms with Crippen molar-refractivity contribution in [3.63, 3.8) is 0 Å². The minimum atomic E-state index is -3.81. The second-order valence-electron chi connectivity index (χ2n) is 7.60. The van der Waals surface area contributed by atoms with Crippen LogP contribution >= 0.6 is 22.9 Å². The first-order valence-corrected chi connectivity index (χ1v) is 13.2. The SMILES string of the molecule is CCOc1ccc(-c2nc(NC(=O)C3CCCN3S(=O)(=O)c3ccc(Cl)cc3)sc2C)cc1. The third-order valence-corrected chi connectivity index (χ3v) is 8.45. The van der Waals surface area contributed by atoms with Crippen molar-refractivity contribution in [2.45, 2.75) is 37.6 Å². The molecule has 0 radical (unpaired) electrons. The number of amides is 1. The molecule has 1 N–H and O–H groups in total. The molecule has 2 heterocycles. The molecule has 0 spiro atoms. The lowest BCUT2D eigenvalue weighted by Crippen LogP contribution is -2.43. The molecule has 1 aliphatic rings. The number of hydrogen-bond donors (Lipinski definition) is 1. The molecule has 1 atom stereocenters. The Labute approximate surface area is 202 Å². The van der Waals surface area contributed by atoms with E-state index in [1.165, 1.54) is 39.9 Å². The summed E-state index contributed by atoms with van der Waals surface area (Å²) >= 11 is 7.25. The van der Waals surface area contributed by atoms with E-state index in [0.717, 1.165) is 21.9 Å². The number of carbonyl (C=O) groups excluding carboxylic acids is 1. The Morgan fingerprint density at radius 1 is 1.21 bits per heavy atom. The van der Waals surface area contributed by atoms with Gasteiger partial charge >= 0.3 is 0 Å². The number of halogens is 1. The van der Waals surface area contributed by atoms with Gasteiger partial charge in [-0.1, -0.05) is 11.6 Å². The van der Waals surface area contributed by atoms with Gasteiger partial charge in [0.1, 0.15) is 11.8 Å². The predicted octanol–water partition coefficient (Wildman–Crippen LogP) is 4.96. The zero-order valence-corrected chi connectivity index (χ0v) is 20.6. The molecule has 4 rings (SSSR count). The third-order valence-electron chi connectivity index (χ3n) is 5.39. The smallest absolute Gasteiger partial charge is 0.244 e. The van der Waals surface area contributed by atoms with Crippen LogP contribution in [0.5, 0.6) is 5.75 Å². The van der Waals surface area contributed by atoms with Crippen LogP contribution in [0, 0.1) is 6.92 Å². The van der Waals surface area contributed by atoms with Gasteiger partial charge < -0.3 is 10.1 Å². The molecule has 0 saturated carbocycles. The second kappa shape index (κ2) is 9.80. The molecule has 2 aromatic carbocycles. The summed E-state index contributed by atoms with van der Waals surface area (Å²) < 4.78 is 33.0. The van der Waals surface area contributed by atoms with Gasteiger partial charge in [0.25, 0.3) is 0 Å². The first-order valence-electron chi connectivity index (χ1n) is 10.6. The van der Waals surface area contributed by atoms with Gasteiger partial charge in [-0.25, -0.2) is 13.4 Å². The van der Waals surface area contributed by atoms with E-state index in [9.17, 15) is 13.2 Å². The van der Waals surface area contributed by atoms with Gasteiger partial charge in [-0.05, 0) is 75.2 Å². The van der Waals surface area contributed by atoms with Crippen LogP contribution in [0.3, 0.4) is 0 Å². The maximum atomic E-state index is 13.1. The van der Waals surface area contributed by atoms with Gasteiger partial charge in [-0.3, -0.25) is 4.79 Å². The molecule has 33 heavy (non-hydrogen) atoms. The number of carbonyl (C=O) groups is 1. The second-order valence-corrected chi connectivity index (χ2v) is 11.1. The van der Waals surface area contributed by atoms with Crippen LogP contribution in [0.4, 0.5) is 5.13 Å². The van der Waals surface area contributed by atoms with Crippen molar-refractivity contribution in [1.29, 1.82) is 0 Å². The molecule has 7 nitrogen and oxygen atoms in total. The highest BCUT2D eigenvalue weighted by atomic mass is 35.5. The summed E-state index contributed by atoms with van der Waals surface area (Å²) in [5.41, 5.74) is 1.69. The van der Waals surface area contributed by atoms with E-state index in [1.54, 1.807) is 0 Å². The molecule has 3 aromatic rings. The standard InChI is InChI=1S/C23H24ClN3O4S2/c1-3-31-18-10-6-16(7-11-18)21-15(2)32-23(25-21)26-22(28)20-5-4-14-27(20)33(29,30)19-12-8-17(24)9-13-19/h6-13,20H,3-5,14H2,1-2H3,(H,25,26,28). The highest BCUT2D eigenvalue weighted by molar-refractivity contribution is 7.89. The molecule has 1 fully saturated rings. The molecule has 174 valence electrons. The van der Waals surface area contributed by atoms with Crippen molar-refractivity contribution >= 4 is 44.0 Å². The monoisotopic (exact) mass is 505 g/mol. The van der Waals surface area contributed by atoms with Crippen LogP contribution in [-0.4, -0.2) is 42.8 Å². The van der Waals surface area contributed by atoms with Crippen molar-refractivity contribution in [2.75, 3.05) is 18.5 Å². The molecule has 1 saturated heterocycles. The molecule has 1 aromatic heterocycles. The van der Waals surface area contributed by atoms with Crippen molar-refractivity contribution in [1.82, 2.24) is 9.29 Å². The fourth-order valence-electron chi connectivity index (χ4n) is 3.81. The van der Waals surface area contributed by atoms with Gasteiger partial charge in [-0.15, -0.1) is 11.3 Å². The van der Waals surface area contributed by atoms with Crippen LogP contribution in [0.25, 0.3) is 11.3 Å². The van der Waals surface area contributed by atoms with Crippen LogP contribution in [0.2, 0.25) is 5.02 Å². The zero-order valence-electron chi connectivity index (χ0n) is 18.2. The number of aromatic nitrogens is 1. The van der Waals surface area contributed by atoms with Crippen molar-refractivity contribution in [2.24, 2.45) is 0 Å². The lowest BCUT2D eigenvalue weighted by molar-refractivity contribution is -0.119. The number of nitrogens with one attached hydrogen (secondary N) is 1. The molecular formula is C23H24ClN3O4S2. The molecule has 0 bridgehead atoms. The summed E-state index contributed by atoms with van der Waals surface area (Å²) in [4.78, 5) is 18.7. The Hall–Kier alpha value is -2.46. The summed E-state index contributed by atoms with van der Waals surface area (Å²) in [7, 11) is -3.81. The summed E-state index contributed by atoms with van der Waals surface area (Å²) in [6.45, 7) is 4.75. The van der Waals surface area contributed by atoms with Crippen LogP contribution < -0.4 is 10.1 Å². The van der Waals surface area contributed by atoms with E-state index >= 15 is 0 Å². The van der Waals surface area contributed by atoms with E-state index in [-0.39, 0.29) is 17.3 Å². The fraction of sp³-hybridized carbons (Fsp3) is 0.304. The summed E-state index contributed by atoms with van der Waals surface area (Å²) in [5, 5.41) is 3.72. The number of hydrogen-bond acceptors (Lipinski definition) is 6. The van der Waals surface area contributed by atoms with E-state index < -0.39 is 16.1 Å². The molecular weight excluding hydrogens is 482 g/mol. The summed E-state index contributed by atoms with van der Waals surface area (Å²) in [6.07, 6.45) is 1.06. The largest absolute Gasteiger partial charge is 0.494 e. The molecule has 0 aliphatic carbocycles. The molecule has 1 amide bonds. The first-order chi connectivity index (χ1) is 15.8. The van der Waals surface area contributed by atoms with E-state index in [4.69, 9.17) is 16.3 Å². The van der Waals surface area contributed by atoms with Gasteiger partial charge in [-0.2, -0.15) is 4.31 Å². The zero-order chi connectivity index (χ0) is 23.6. The van der Waals surface area contributed by atoms with E-state index in [2.05, 4.69) is 10.3 Å². The maximum Gasteiger partial charge on any atom is 0.244 e. The average molecular weight is 506 g/mol. The Kier molecular flexibility index (Phi) is 7.04. The lowest BCUT2D eigenvalue weighted by Gasteiger charge is -2.23. The van der Waals surface area contributed by atoms with Crippen molar-refractivity contribution in [3.8, 4) is 17.0 Å². The first kappa shape index (κ1) is 23.7. The lowest BCUT2D eigenvalue weighted by atomic mass is 10.1. The predicted molar refractivity (Wildman–Crippen MR) is 130 cm³/mol. The van der Waals surface area contributed by atoms with Crippen LogP contribution in [-0.2, 0) is 14.8 Å². The normalized spacial score (nSPS) is 16.6. The summed E-state index contributed by atoms with van der Waals surface area (Å²) in [6, 6.07) is 12.8. The van der Waals surface area contributed by atoms with Crippen molar-refractivity contribution in [3.05, 3.63) is 58.4 Å². The molecule has 1 aliphatic heterocycles. The Morgan fingerprint density at radius 2 is 1.91 bits per heavy atom. The van der Waals surface area contributed by atoms with E-state index in [1.807, 2.05) is 38.1 Å². The van der Waals surface area contributed by atoms with Crippen molar-refractivity contribution < 1.29 is 17.9 Å². The number of sulfonamides is 1. The number of ether oxygens (including phenoxy) is 1. The van der Waals surface area contributed by atoms with Gasteiger partial charge in [0.15, 0.2) is 5.13 Å². The van der Waals surface area contributed by atoms with Gasteiger partial charge in [0, 0.05) is 22.0 Å². The number of thiazole rings is 1. The third kappa shape index (κ3) is 5.06. The van der Waals surface area contributed by atoms with Gasteiger partial charge in [0.05, 0.1) is 17.2 Å². The number of rotatable bonds is 7. The number of aryl methyl sites for hydroxylation is 1. The topological polar surface area (TPSA) is 88.6 Å². The highest BCUT2D eigenvalue weighted by Crippen LogP contribution is 2.33. The highest BCUT2D eigenvalue weighted by Gasteiger charge is 2.39. The van der Waals surface area contributed by atoms with Crippen LogP contribution in [0.1, 0.15) is 24.6 Å². The van der Waals surface area contributed by atoms with Gasteiger partial charge in [0.2, 0.25) is 15.9 Å². The molecule has 1 unspecified atom stereocenters. The average Bonchev–Trinajstić information content (AvgIpc) is 3.42. The van der Waals surface area contributed by atoms with Crippen LogP contribution in [0.15, 0.2) is 53.4 Å². The summed E-state index contributed by atoms with van der Waals surface area (Å²) in [5.74, 6) is 0.405. The molecule has 10 heteroatoms. The van der Waals surface area contributed by atoms with E-state index in [0.29, 0.717) is 29.6 Å². The minimum absolute atomic E-state index is 0.120. The Morgan fingerprint density at radius 3 is 2.58 bits per heavy atom. The quantitative estimate of drug-likeness (QED) is 0.490. The number of benzene rings is 2. The maximum absolute atomic E-state index is 13.1. The minimum Gasteiger partial charge on any atom is -0.494 e. The fourth-order valence-corrected chi connectivity index (χ4v) is 6.44. The number of anilines is 1.